The van der Waals surface area contributed by atoms with Crippen molar-refractivity contribution in [3.8, 4) is 35.5 Å². The van der Waals surface area contributed by atoms with E-state index in [9.17, 15) is 8.78 Å². The van der Waals surface area contributed by atoms with Crippen molar-refractivity contribution >= 4 is 0 Å². The standard InChI is InChI=1S/C24H13F2NO/c1-28-22-12-7-17(8-13-22)4-9-20-10-5-18(14-23(20)25)2-3-19-6-11-21(16-27)24(26)15-19/h5-8,10-15H,1H3. The van der Waals surface area contributed by atoms with Gasteiger partial charge in [-0.05, 0) is 60.7 Å². The minimum atomic E-state index is -0.635. The molecule has 0 heterocycles. The van der Waals surface area contributed by atoms with E-state index in [0.29, 0.717) is 11.1 Å². The van der Waals surface area contributed by atoms with Crippen molar-refractivity contribution in [1.82, 2.24) is 0 Å². The van der Waals surface area contributed by atoms with Crippen molar-refractivity contribution in [3.63, 3.8) is 0 Å². The Hall–Kier alpha value is -4.07. The Morgan fingerprint density at radius 3 is 1.68 bits per heavy atom. The lowest BCUT2D eigenvalue weighted by molar-refractivity contribution is 0.415. The molecule has 0 aliphatic carbocycles. The minimum absolute atomic E-state index is 0.0450. The monoisotopic (exact) mass is 369 g/mol. The molecule has 3 rings (SSSR count). The van der Waals surface area contributed by atoms with Gasteiger partial charge < -0.3 is 4.74 Å². The number of hydrogen-bond acceptors (Lipinski definition) is 2. The van der Waals surface area contributed by atoms with E-state index in [4.69, 9.17) is 10.00 Å². The molecule has 0 aliphatic heterocycles. The SMILES string of the molecule is COc1ccc(C#Cc2ccc(C#Cc3ccc(C#N)c(F)c3)cc2F)cc1. The summed E-state index contributed by atoms with van der Waals surface area (Å²) >= 11 is 0. The molecule has 0 amide bonds. The molecule has 3 aromatic carbocycles. The van der Waals surface area contributed by atoms with Crippen LogP contribution in [0.25, 0.3) is 0 Å². The molecular formula is C24H13F2NO. The predicted molar refractivity (Wildman–Crippen MR) is 102 cm³/mol. The molecule has 0 spiro atoms. The van der Waals surface area contributed by atoms with Crippen molar-refractivity contribution < 1.29 is 13.5 Å². The number of nitriles is 1. The van der Waals surface area contributed by atoms with Crippen LogP contribution < -0.4 is 4.74 Å². The van der Waals surface area contributed by atoms with Crippen LogP contribution in [0, 0.1) is 46.6 Å². The number of hydrogen-bond donors (Lipinski definition) is 0. The number of ether oxygens (including phenoxy) is 1. The first-order chi connectivity index (χ1) is 13.6. The normalized spacial score (nSPS) is 9.36. The molecule has 4 heteroatoms. The molecule has 0 atom stereocenters. The molecule has 0 saturated heterocycles. The zero-order valence-corrected chi connectivity index (χ0v) is 14.9. The molecule has 2 nitrogen and oxygen atoms in total. The number of halogens is 2. The summed E-state index contributed by atoms with van der Waals surface area (Å²) in [6, 6.07) is 17.5. The van der Waals surface area contributed by atoms with Gasteiger partial charge >= 0.3 is 0 Å². The smallest absolute Gasteiger partial charge is 0.142 e. The molecule has 0 saturated carbocycles. The summed E-state index contributed by atoms with van der Waals surface area (Å²) in [6.07, 6.45) is 0. The van der Waals surface area contributed by atoms with Gasteiger partial charge in [-0.1, -0.05) is 23.7 Å². The van der Waals surface area contributed by atoms with Crippen molar-refractivity contribution in [2.75, 3.05) is 7.11 Å². The van der Waals surface area contributed by atoms with Crippen LogP contribution in [0.5, 0.6) is 5.75 Å². The highest BCUT2D eigenvalue weighted by molar-refractivity contribution is 5.49. The lowest BCUT2D eigenvalue weighted by Crippen LogP contribution is -1.87. The number of benzene rings is 3. The van der Waals surface area contributed by atoms with Gasteiger partial charge in [0.05, 0.1) is 18.2 Å². The maximum atomic E-state index is 14.3. The fraction of sp³-hybridized carbons (Fsp3) is 0.0417. The van der Waals surface area contributed by atoms with E-state index < -0.39 is 11.6 Å². The highest BCUT2D eigenvalue weighted by atomic mass is 19.1. The van der Waals surface area contributed by atoms with E-state index in [1.165, 1.54) is 18.2 Å². The first kappa shape index (κ1) is 18.7. The van der Waals surface area contributed by atoms with E-state index in [1.54, 1.807) is 55.6 Å². The van der Waals surface area contributed by atoms with Crippen molar-refractivity contribution in [2.24, 2.45) is 0 Å². The van der Waals surface area contributed by atoms with Gasteiger partial charge in [-0.15, -0.1) is 0 Å². The van der Waals surface area contributed by atoms with Crippen LogP contribution in [0.4, 0.5) is 8.78 Å². The lowest BCUT2D eigenvalue weighted by Gasteiger charge is -1.98. The second kappa shape index (κ2) is 8.54. The predicted octanol–water partition coefficient (Wildman–Crippen LogP) is 4.64. The van der Waals surface area contributed by atoms with E-state index >= 15 is 0 Å². The molecule has 0 unspecified atom stereocenters. The maximum Gasteiger partial charge on any atom is 0.142 e. The summed E-state index contributed by atoms with van der Waals surface area (Å²) in [6.45, 7) is 0. The van der Waals surface area contributed by atoms with E-state index in [1.807, 2.05) is 0 Å². The average molecular weight is 369 g/mol. The number of rotatable bonds is 1. The zero-order valence-electron chi connectivity index (χ0n) is 14.9. The summed E-state index contributed by atoms with van der Waals surface area (Å²) in [5.74, 6) is 10.8. The van der Waals surface area contributed by atoms with Crippen molar-refractivity contribution in [1.29, 1.82) is 5.26 Å². The van der Waals surface area contributed by atoms with E-state index in [-0.39, 0.29) is 11.1 Å². The molecule has 0 bridgehead atoms. The quantitative estimate of drug-likeness (QED) is 0.585. The largest absolute Gasteiger partial charge is 0.497 e. The average Bonchev–Trinajstić information content (AvgIpc) is 2.72. The fourth-order valence-corrected chi connectivity index (χ4v) is 2.34. The summed E-state index contributed by atoms with van der Waals surface area (Å²) in [5.41, 5.74) is 1.80. The van der Waals surface area contributed by atoms with Crippen LogP contribution in [0.15, 0.2) is 60.7 Å². The Bertz CT molecular complexity index is 1180. The number of nitrogens with zero attached hydrogens (tertiary/aromatic N) is 1. The third kappa shape index (κ3) is 4.55. The highest BCUT2D eigenvalue weighted by Crippen LogP contribution is 2.13. The Morgan fingerprint density at radius 2 is 1.18 bits per heavy atom. The molecule has 0 aliphatic rings. The van der Waals surface area contributed by atoms with Crippen LogP contribution in [-0.2, 0) is 0 Å². The second-order valence-corrected chi connectivity index (χ2v) is 5.73. The Labute approximate surface area is 162 Å². The molecule has 0 fully saturated rings. The first-order valence-electron chi connectivity index (χ1n) is 8.26. The molecule has 3 aromatic rings. The van der Waals surface area contributed by atoms with Crippen LogP contribution in [0.1, 0.15) is 27.8 Å². The zero-order chi connectivity index (χ0) is 19.9. The van der Waals surface area contributed by atoms with Gasteiger partial charge in [-0.3, -0.25) is 0 Å². The third-order valence-corrected chi connectivity index (χ3v) is 3.84. The second-order valence-electron chi connectivity index (χ2n) is 5.73. The molecule has 0 aromatic heterocycles. The molecule has 28 heavy (non-hydrogen) atoms. The fourth-order valence-electron chi connectivity index (χ4n) is 2.34. The van der Waals surface area contributed by atoms with Gasteiger partial charge in [0.25, 0.3) is 0 Å². The van der Waals surface area contributed by atoms with E-state index in [0.717, 1.165) is 11.3 Å². The lowest BCUT2D eigenvalue weighted by atomic mass is 10.1. The molecule has 0 N–H and O–H groups in total. The third-order valence-electron chi connectivity index (χ3n) is 3.84. The van der Waals surface area contributed by atoms with Crippen LogP contribution in [-0.4, -0.2) is 7.11 Å². The highest BCUT2D eigenvalue weighted by Gasteiger charge is 2.02. The topological polar surface area (TPSA) is 33.0 Å². The minimum Gasteiger partial charge on any atom is -0.497 e. The summed E-state index contributed by atoms with van der Waals surface area (Å²) < 4.78 is 32.9. The molecular weight excluding hydrogens is 356 g/mol. The maximum absolute atomic E-state index is 14.3. The van der Waals surface area contributed by atoms with E-state index in [2.05, 4.69) is 23.7 Å². The van der Waals surface area contributed by atoms with Crippen molar-refractivity contribution in [3.05, 3.63) is 100 Å². The summed E-state index contributed by atoms with van der Waals surface area (Å²) in [7, 11) is 1.58. The van der Waals surface area contributed by atoms with Gasteiger partial charge in [0.2, 0.25) is 0 Å². The molecule has 0 radical (unpaired) electrons. The Morgan fingerprint density at radius 1 is 0.679 bits per heavy atom. The van der Waals surface area contributed by atoms with Gasteiger partial charge in [0.15, 0.2) is 0 Å². The van der Waals surface area contributed by atoms with Crippen molar-refractivity contribution in [2.45, 2.75) is 0 Å². The van der Waals surface area contributed by atoms with Crippen LogP contribution >= 0.6 is 0 Å². The Balaban J connectivity index is 1.79. The van der Waals surface area contributed by atoms with Gasteiger partial charge in [-0.2, -0.15) is 5.26 Å². The van der Waals surface area contributed by atoms with Gasteiger partial charge in [0, 0.05) is 16.7 Å². The number of methoxy groups -OCH3 is 1. The van der Waals surface area contributed by atoms with Gasteiger partial charge in [0.1, 0.15) is 23.5 Å². The van der Waals surface area contributed by atoms with Crippen LogP contribution in [0.2, 0.25) is 0 Å². The first-order valence-corrected chi connectivity index (χ1v) is 8.26. The summed E-state index contributed by atoms with van der Waals surface area (Å²) in [4.78, 5) is 0. The van der Waals surface area contributed by atoms with Crippen LogP contribution in [0.3, 0.4) is 0 Å². The summed E-state index contributed by atoms with van der Waals surface area (Å²) in [5, 5.41) is 8.73. The molecule has 134 valence electrons. The van der Waals surface area contributed by atoms with Gasteiger partial charge in [-0.25, -0.2) is 8.78 Å². The Kier molecular flexibility index (Phi) is 5.71.